The van der Waals surface area contributed by atoms with Gasteiger partial charge >= 0.3 is 5.69 Å². The van der Waals surface area contributed by atoms with E-state index in [4.69, 9.17) is 25.7 Å². The number of para-hydroxylation sites is 1. The first-order valence-corrected chi connectivity index (χ1v) is 23.6. The summed E-state index contributed by atoms with van der Waals surface area (Å²) < 4.78 is 20.6. The van der Waals surface area contributed by atoms with Gasteiger partial charge in [0.1, 0.15) is 12.6 Å². The van der Waals surface area contributed by atoms with Crippen LogP contribution in [0.15, 0.2) is 65.5 Å². The molecule has 6 N–H and O–H groups in total. The summed E-state index contributed by atoms with van der Waals surface area (Å²) in [5.41, 5.74) is 19.5. The van der Waals surface area contributed by atoms with Gasteiger partial charge in [0.2, 0.25) is 23.6 Å². The molecule has 17 heteroatoms. The summed E-state index contributed by atoms with van der Waals surface area (Å²) in [6.07, 6.45) is 6.20. The van der Waals surface area contributed by atoms with Crippen molar-refractivity contribution in [3.05, 3.63) is 99.0 Å². The molecule has 67 heavy (non-hydrogen) atoms. The van der Waals surface area contributed by atoms with E-state index in [0.717, 1.165) is 82.4 Å². The number of rotatable bonds is 24. The Bertz CT molecular complexity index is 2470. The van der Waals surface area contributed by atoms with Crippen molar-refractivity contribution in [2.75, 3.05) is 51.5 Å². The van der Waals surface area contributed by atoms with Gasteiger partial charge < -0.3 is 41.2 Å². The van der Waals surface area contributed by atoms with E-state index >= 15 is 0 Å². The number of imidazole rings is 1. The Hall–Kier alpha value is -5.72. The van der Waals surface area contributed by atoms with Gasteiger partial charge in [-0.25, -0.2) is 4.79 Å². The molecule has 360 valence electrons. The Morgan fingerprint density at radius 3 is 2.36 bits per heavy atom. The molecule has 4 aromatic rings. The van der Waals surface area contributed by atoms with E-state index in [9.17, 15) is 28.8 Å². The number of nitrogens with zero attached hydrogens (tertiary/aromatic N) is 4. The van der Waals surface area contributed by atoms with Gasteiger partial charge in [0.25, 0.3) is 5.91 Å². The van der Waals surface area contributed by atoms with E-state index in [-0.39, 0.29) is 72.9 Å². The van der Waals surface area contributed by atoms with E-state index in [1.165, 1.54) is 11.6 Å². The SMILES string of the molecule is C[C@@H](OCc1ccc(CCCNC(=O)COCCOCCCc2ccc3c(c2)n(C)c(=O)n3C2CCC(=O)N(C)C2=O)cc1)[C@H](CCC(N)=O)NC[C@@H]1Cc2cccc3c2N1C(=O)[C@@H](N)CC3. The molecule has 0 spiro atoms. The van der Waals surface area contributed by atoms with Crippen molar-refractivity contribution in [3.8, 4) is 0 Å². The fourth-order valence-electron chi connectivity index (χ4n) is 9.49. The van der Waals surface area contributed by atoms with Gasteiger partial charge in [-0.3, -0.25) is 38.0 Å². The van der Waals surface area contributed by atoms with Crippen molar-refractivity contribution in [2.24, 2.45) is 18.5 Å². The summed E-state index contributed by atoms with van der Waals surface area (Å²) in [4.78, 5) is 78.4. The van der Waals surface area contributed by atoms with Crippen LogP contribution in [0, 0.1) is 0 Å². The maximum Gasteiger partial charge on any atom is 0.329 e. The highest BCUT2D eigenvalue weighted by molar-refractivity contribution is 6.01. The van der Waals surface area contributed by atoms with Crippen molar-refractivity contribution in [1.29, 1.82) is 0 Å². The third-order valence-electron chi connectivity index (χ3n) is 13.4. The fraction of sp³-hybridized carbons (Fsp3) is 0.520. The Morgan fingerprint density at radius 2 is 1.57 bits per heavy atom. The van der Waals surface area contributed by atoms with Crippen molar-refractivity contribution < 1.29 is 38.2 Å². The summed E-state index contributed by atoms with van der Waals surface area (Å²) in [7, 11) is 3.15. The maximum absolute atomic E-state index is 13.4. The number of nitrogens with one attached hydrogen (secondary N) is 2. The molecule has 0 bridgehead atoms. The molecule has 0 saturated carbocycles. The highest BCUT2D eigenvalue weighted by Gasteiger charge is 2.40. The number of nitrogens with two attached hydrogens (primary N) is 2. The third kappa shape index (κ3) is 12.1. The van der Waals surface area contributed by atoms with Crippen LogP contribution in [0.2, 0.25) is 0 Å². The highest BCUT2D eigenvalue weighted by atomic mass is 16.5. The van der Waals surface area contributed by atoms with Crippen LogP contribution in [0.25, 0.3) is 11.0 Å². The molecule has 1 saturated heterocycles. The van der Waals surface area contributed by atoms with Gasteiger partial charge in [0.05, 0.1) is 54.7 Å². The number of piperidine rings is 1. The van der Waals surface area contributed by atoms with Gasteiger partial charge in [-0.15, -0.1) is 0 Å². The number of imide groups is 1. The summed E-state index contributed by atoms with van der Waals surface area (Å²) in [5, 5.41) is 6.52. The minimum absolute atomic E-state index is 0.0426. The number of likely N-dealkylation sites (N-methyl/N-ethyl adjacent to an activating group) is 1. The highest BCUT2D eigenvalue weighted by Crippen LogP contribution is 2.38. The second-order valence-electron chi connectivity index (χ2n) is 18.1. The summed E-state index contributed by atoms with van der Waals surface area (Å²) in [6.45, 7) is 4.55. The monoisotopic (exact) mass is 922 g/mol. The van der Waals surface area contributed by atoms with Gasteiger partial charge in [-0.05, 0) is 105 Å². The lowest BCUT2D eigenvalue weighted by molar-refractivity contribution is -0.149. The largest absolute Gasteiger partial charge is 0.379 e. The van der Waals surface area contributed by atoms with Crippen LogP contribution >= 0.6 is 0 Å². The number of benzene rings is 3. The van der Waals surface area contributed by atoms with Gasteiger partial charge in [-0.1, -0.05) is 48.5 Å². The number of likely N-dealkylation sites (tertiary alicyclic amines) is 1. The fourth-order valence-corrected chi connectivity index (χ4v) is 9.49. The van der Waals surface area contributed by atoms with Crippen LogP contribution in [0.1, 0.15) is 85.7 Å². The maximum atomic E-state index is 13.4. The van der Waals surface area contributed by atoms with E-state index in [0.29, 0.717) is 64.3 Å². The van der Waals surface area contributed by atoms with Crippen molar-refractivity contribution in [1.82, 2.24) is 24.7 Å². The number of hydrogen-bond acceptors (Lipinski definition) is 11. The number of aryl methyl sites for hydroxylation is 4. The van der Waals surface area contributed by atoms with Crippen LogP contribution in [0.3, 0.4) is 0 Å². The smallest absolute Gasteiger partial charge is 0.329 e. The number of hydrogen-bond donors (Lipinski definition) is 4. The van der Waals surface area contributed by atoms with Crippen molar-refractivity contribution >= 4 is 46.3 Å². The molecule has 3 aromatic carbocycles. The van der Waals surface area contributed by atoms with Gasteiger partial charge in [0.15, 0.2) is 0 Å². The molecule has 5 atom stereocenters. The second-order valence-corrected chi connectivity index (χ2v) is 18.1. The number of carbonyl (C=O) groups is 5. The first-order chi connectivity index (χ1) is 32.3. The number of aromatic nitrogens is 2. The predicted octanol–water partition coefficient (Wildman–Crippen LogP) is 2.73. The first kappa shape index (κ1) is 49.2. The van der Waals surface area contributed by atoms with Crippen molar-refractivity contribution in [2.45, 2.75) is 114 Å². The van der Waals surface area contributed by atoms with E-state index < -0.39 is 12.1 Å². The zero-order valence-electron chi connectivity index (χ0n) is 39.0. The number of anilines is 1. The Kier molecular flexibility index (Phi) is 16.8. The lowest BCUT2D eigenvalue weighted by Gasteiger charge is -2.31. The molecule has 1 fully saturated rings. The molecule has 4 heterocycles. The standard InChI is InChI=1S/C50H66N8O9/c1-32(40(18-21-44(52)59)54-29-38-28-37-10-4-9-36-16-17-39(51)48(62)57(38)47(36)37)67-30-35-13-11-33(12-14-35)7-5-23-53-45(60)31-66-26-25-65-24-6-8-34-15-19-41-43(27-34)55(2)50(64)58(41)42-20-22-46(61)56(3)49(42)63/h4,9-15,19,27,32,38-40,42,54H,5-8,16-18,20-26,28-31,51H2,1-3H3,(H2,52,59)(H,53,60)/t32-,38+,39+,40+,42?/m1/s1. The Morgan fingerprint density at radius 1 is 0.836 bits per heavy atom. The lowest BCUT2D eigenvalue weighted by Crippen LogP contribution is -2.52. The van der Waals surface area contributed by atoms with Crippen molar-refractivity contribution in [3.63, 3.8) is 0 Å². The Balaban J connectivity index is 0.749. The molecule has 3 aliphatic rings. The van der Waals surface area contributed by atoms with Crippen LogP contribution in [-0.4, -0.2) is 114 Å². The van der Waals surface area contributed by atoms with Crippen LogP contribution in [0.5, 0.6) is 0 Å². The molecule has 1 aromatic heterocycles. The summed E-state index contributed by atoms with van der Waals surface area (Å²) in [6, 6.07) is 18.7. The third-order valence-corrected chi connectivity index (χ3v) is 13.4. The zero-order valence-corrected chi connectivity index (χ0v) is 39.0. The quantitative estimate of drug-likeness (QED) is 0.0591. The average molecular weight is 923 g/mol. The minimum atomic E-state index is -0.702. The van der Waals surface area contributed by atoms with Crippen LogP contribution in [-0.2, 0) is 77.5 Å². The number of fused-ring (bicyclic) bond motifs is 1. The summed E-state index contributed by atoms with van der Waals surface area (Å²) >= 11 is 0. The molecule has 5 amide bonds. The minimum Gasteiger partial charge on any atom is -0.379 e. The lowest BCUT2D eigenvalue weighted by atomic mass is 10.0. The van der Waals surface area contributed by atoms with Gasteiger partial charge in [-0.2, -0.15) is 0 Å². The van der Waals surface area contributed by atoms with E-state index in [1.807, 2.05) is 42.2 Å². The van der Waals surface area contributed by atoms with Gasteiger partial charge in [0, 0.05) is 52.7 Å². The zero-order chi connectivity index (χ0) is 47.6. The molecule has 3 aliphatic heterocycles. The molecular formula is C50H66N8O9. The second kappa shape index (κ2) is 22.9. The van der Waals surface area contributed by atoms with E-state index in [1.54, 1.807) is 11.6 Å². The van der Waals surface area contributed by atoms with Crippen LogP contribution in [0.4, 0.5) is 5.69 Å². The molecular weight excluding hydrogens is 857 g/mol. The molecule has 1 unspecified atom stereocenters. The number of ether oxygens (including phenoxy) is 3. The molecule has 17 nitrogen and oxygen atoms in total. The number of primary amides is 1. The number of carbonyl (C=O) groups excluding carboxylic acids is 5. The normalized spacial score (nSPS) is 19.2. The Labute approximate surface area is 391 Å². The van der Waals surface area contributed by atoms with E-state index in [2.05, 4.69) is 41.0 Å². The first-order valence-electron chi connectivity index (χ1n) is 23.6. The summed E-state index contributed by atoms with van der Waals surface area (Å²) in [5.74, 6) is -1.20. The molecule has 0 radical (unpaired) electrons. The average Bonchev–Trinajstić information content (AvgIpc) is 3.77. The predicted molar refractivity (Wildman–Crippen MR) is 253 cm³/mol. The number of amides is 5. The molecule has 0 aliphatic carbocycles. The van der Waals surface area contributed by atoms with Crippen LogP contribution < -0.4 is 32.7 Å². The molecule has 7 rings (SSSR count). The topological polar surface area (TPSA) is 223 Å².